The number of rotatable bonds is 7. The molecule has 5 heteroatoms. The molecule has 0 unspecified atom stereocenters. The van der Waals surface area contributed by atoms with Crippen LogP contribution in [0.4, 0.5) is 0 Å². The summed E-state index contributed by atoms with van der Waals surface area (Å²) in [6, 6.07) is 75.7. The molecule has 4 heterocycles. The Kier molecular flexibility index (Phi) is 8.43. The Balaban J connectivity index is 1.13. The lowest BCUT2D eigenvalue weighted by atomic mass is 9.96. The van der Waals surface area contributed by atoms with Crippen molar-refractivity contribution in [2.45, 2.75) is 13.3 Å². The Hall–Kier alpha value is -8.54. The van der Waals surface area contributed by atoms with Gasteiger partial charge in [-0.2, -0.15) is 0 Å². The van der Waals surface area contributed by atoms with Crippen LogP contribution in [0.5, 0.6) is 0 Å². The predicted octanol–water partition coefficient (Wildman–Crippen LogP) is 15.8. The number of fused-ring (bicyclic) bond motifs is 10. The number of nitrogens with zero attached hydrogens (tertiary/aromatic N) is 4. The van der Waals surface area contributed by atoms with Crippen molar-refractivity contribution in [3.63, 3.8) is 0 Å². The first-order valence-corrected chi connectivity index (χ1v) is 22.3. The maximum atomic E-state index is 6.29. The van der Waals surface area contributed by atoms with E-state index in [4.69, 9.17) is 14.4 Å². The van der Waals surface area contributed by atoms with Gasteiger partial charge in [0.15, 0.2) is 5.82 Å². The van der Waals surface area contributed by atoms with E-state index in [0.717, 1.165) is 95.5 Å². The van der Waals surface area contributed by atoms with E-state index in [1.54, 1.807) is 0 Å². The highest BCUT2D eigenvalue weighted by Gasteiger charge is 2.24. The highest BCUT2D eigenvalue weighted by Crippen LogP contribution is 2.44. The Morgan fingerprint density at radius 2 is 1.08 bits per heavy atom. The van der Waals surface area contributed by atoms with Crippen molar-refractivity contribution < 1.29 is 4.42 Å². The van der Waals surface area contributed by atoms with Gasteiger partial charge in [0.1, 0.15) is 11.2 Å². The summed E-state index contributed by atoms with van der Waals surface area (Å²) in [5.41, 5.74) is 16.6. The van der Waals surface area contributed by atoms with Crippen LogP contribution in [-0.4, -0.2) is 19.1 Å². The standard InChI is InChI=1S/C60H40N4O/c1-2-38-29-32-54(64-52-26-14-11-23-44(52)46-31-33-55-58(59(46)64)47-25-12-15-27-53(47)63(55)41-19-7-4-8-20-41)49(35-38)60-61-50(40-30-34-57-48(36-40)45-24-13-16-28-56(45)65-57)37-51(62-60)43-22-10-9-21-42(43)39-17-5-3-6-18-39/h3-37H,2H2,1H3. The maximum absolute atomic E-state index is 6.29. The van der Waals surface area contributed by atoms with Crippen LogP contribution in [-0.2, 0) is 6.42 Å². The van der Waals surface area contributed by atoms with E-state index in [-0.39, 0.29) is 0 Å². The van der Waals surface area contributed by atoms with Crippen LogP contribution in [0.2, 0.25) is 0 Å². The lowest BCUT2D eigenvalue weighted by Crippen LogP contribution is -2.03. The van der Waals surface area contributed by atoms with Crippen molar-refractivity contribution in [1.29, 1.82) is 0 Å². The van der Waals surface area contributed by atoms with Crippen LogP contribution in [0.3, 0.4) is 0 Å². The van der Waals surface area contributed by atoms with Crippen molar-refractivity contribution >= 4 is 65.6 Å². The number of aryl methyl sites for hydroxylation is 1. The lowest BCUT2D eigenvalue weighted by Gasteiger charge is -2.17. The molecule has 0 bridgehead atoms. The van der Waals surface area contributed by atoms with Gasteiger partial charge in [0.25, 0.3) is 0 Å². The Bertz CT molecular complexity index is 3990. The molecule has 65 heavy (non-hydrogen) atoms. The highest BCUT2D eigenvalue weighted by molar-refractivity contribution is 6.26. The van der Waals surface area contributed by atoms with Crippen molar-refractivity contribution in [1.82, 2.24) is 19.1 Å². The first kappa shape index (κ1) is 37.1. The summed E-state index contributed by atoms with van der Waals surface area (Å²) in [4.78, 5) is 11.2. The normalized spacial score (nSPS) is 11.8. The molecule has 0 radical (unpaired) electrons. The maximum Gasteiger partial charge on any atom is 0.162 e. The molecule has 0 N–H and O–H groups in total. The van der Waals surface area contributed by atoms with Gasteiger partial charge >= 0.3 is 0 Å². The molecule has 0 atom stereocenters. The SMILES string of the molecule is CCc1ccc(-n2c3ccccc3c3ccc4c(c5ccccc5n4-c4ccccc4)c32)c(-c2nc(-c3ccc4oc5ccccc5c4c3)cc(-c3ccccc3-c3ccccc3)n2)c1. The summed E-state index contributed by atoms with van der Waals surface area (Å²) in [5.74, 6) is 0.660. The number of hydrogen-bond donors (Lipinski definition) is 0. The second kappa shape index (κ2) is 14.8. The first-order valence-electron chi connectivity index (χ1n) is 22.3. The molecule has 0 fully saturated rings. The third-order valence-corrected chi connectivity index (χ3v) is 13.1. The molecule has 9 aromatic carbocycles. The van der Waals surface area contributed by atoms with E-state index in [1.165, 1.54) is 32.6 Å². The zero-order valence-corrected chi connectivity index (χ0v) is 35.6. The fourth-order valence-electron chi connectivity index (χ4n) is 10.1. The van der Waals surface area contributed by atoms with E-state index >= 15 is 0 Å². The fraction of sp³-hybridized carbons (Fsp3) is 0.0333. The molecule has 306 valence electrons. The number of para-hydroxylation sites is 4. The monoisotopic (exact) mass is 832 g/mol. The first-order chi connectivity index (χ1) is 32.2. The lowest BCUT2D eigenvalue weighted by molar-refractivity contribution is 0.669. The number of benzene rings is 9. The zero-order chi connectivity index (χ0) is 43.0. The summed E-state index contributed by atoms with van der Waals surface area (Å²) in [6.45, 7) is 2.21. The molecule has 13 aromatic rings. The molecule has 13 rings (SSSR count). The van der Waals surface area contributed by atoms with Gasteiger partial charge < -0.3 is 13.6 Å². The van der Waals surface area contributed by atoms with Crippen LogP contribution in [0.15, 0.2) is 217 Å². The fourth-order valence-corrected chi connectivity index (χ4v) is 10.1. The van der Waals surface area contributed by atoms with Crippen LogP contribution >= 0.6 is 0 Å². The minimum absolute atomic E-state index is 0.660. The molecule has 0 aliphatic carbocycles. The molecule has 0 saturated carbocycles. The number of hydrogen-bond acceptors (Lipinski definition) is 3. The molecule has 0 saturated heterocycles. The third-order valence-electron chi connectivity index (χ3n) is 13.1. The second-order valence-corrected chi connectivity index (χ2v) is 16.8. The quantitative estimate of drug-likeness (QED) is 0.161. The molecule has 4 aromatic heterocycles. The van der Waals surface area contributed by atoms with Gasteiger partial charge in [-0.15, -0.1) is 0 Å². The highest BCUT2D eigenvalue weighted by atomic mass is 16.3. The molecule has 0 aliphatic heterocycles. The van der Waals surface area contributed by atoms with Crippen molar-refractivity contribution in [2.24, 2.45) is 0 Å². The predicted molar refractivity (Wildman–Crippen MR) is 269 cm³/mol. The van der Waals surface area contributed by atoms with E-state index in [0.29, 0.717) is 5.82 Å². The Labute approximate surface area is 375 Å². The van der Waals surface area contributed by atoms with Gasteiger partial charge in [-0.1, -0.05) is 146 Å². The summed E-state index contributed by atoms with van der Waals surface area (Å²) < 4.78 is 11.2. The third kappa shape index (κ3) is 5.86. The molecule has 0 aliphatic rings. The zero-order valence-electron chi connectivity index (χ0n) is 35.6. The second-order valence-electron chi connectivity index (χ2n) is 16.8. The van der Waals surface area contributed by atoms with Gasteiger partial charge in [-0.05, 0) is 95.9 Å². The molecular weight excluding hydrogens is 793 g/mol. The van der Waals surface area contributed by atoms with E-state index in [9.17, 15) is 0 Å². The van der Waals surface area contributed by atoms with E-state index in [2.05, 4.69) is 216 Å². The smallest absolute Gasteiger partial charge is 0.162 e. The van der Waals surface area contributed by atoms with Crippen molar-refractivity contribution in [3.05, 3.63) is 218 Å². The van der Waals surface area contributed by atoms with Crippen LogP contribution < -0.4 is 0 Å². The molecule has 0 amide bonds. The largest absolute Gasteiger partial charge is 0.456 e. The van der Waals surface area contributed by atoms with E-state index in [1.807, 2.05) is 12.1 Å². The topological polar surface area (TPSA) is 48.8 Å². The summed E-state index contributed by atoms with van der Waals surface area (Å²) in [7, 11) is 0. The van der Waals surface area contributed by atoms with Crippen LogP contribution in [0.1, 0.15) is 12.5 Å². The van der Waals surface area contributed by atoms with Gasteiger partial charge in [-0.3, -0.25) is 0 Å². The Morgan fingerprint density at radius 1 is 0.415 bits per heavy atom. The van der Waals surface area contributed by atoms with Crippen molar-refractivity contribution in [3.8, 4) is 56.4 Å². The molecule has 5 nitrogen and oxygen atoms in total. The van der Waals surface area contributed by atoms with Gasteiger partial charge in [0.2, 0.25) is 0 Å². The summed E-state index contributed by atoms with van der Waals surface area (Å²) in [6.07, 6.45) is 0.864. The van der Waals surface area contributed by atoms with E-state index < -0.39 is 0 Å². The van der Waals surface area contributed by atoms with Gasteiger partial charge in [0.05, 0.1) is 39.1 Å². The van der Waals surface area contributed by atoms with Crippen LogP contribution in [0.25, 0.3) is 122 Å². The van der Waals surface area contributed by atoms with Crippen molar-refractivity contribution in [2.75, 3.05) is 0 Å². The summed E-state index contributed by atoms with van der Waals surface area (Å²) in [5, 5.41) is 6.94. The average molecular weight is 833 g/mol. The number of furan rings is 1. The van der Waals surface area contributed by atoms with Crippen LogP contribution in [0, 0.1) is 0 Å². The average Bonchev–Trinajstić information content (AvgIpc) is 4.04. The minimum atomic E-state index is 0.660. The van der Waals surface area contributed by atoms with Gasteiger partial charge in [0, 0.05) is 54.7 Å². The minimum Gasteiger partial charge on any atom is -0.456 e. The number of aromatic nitrogens is 4. The summed E-state index contributed by atoms with van der Waals surface area (Å²) >= 11 is 0. The Morgan fingerprint density at radius 3 is 1.89 bits per heavy atom. The molecular formula is C60H40N4O. The molecule has 0 spiro atoms. The van der Waals surface area contributed by atoms with Gasteiger partial charge in [-0.25, -0.2) is 9.97 Å².